The van der Waals surface area contributed by atoms with Gasteiger partial charge in [-0.1, -0.05) is 32.6 Å². The van der Waals surface area contributed by atoms with Crippen LogP contribution in [0.4, 0.5) is 0 Å². The molecule has 1 aliphatic rings. The van der Waals surface area contributed by atoms with Gasteiger partial charge in [0, 0.05) is 19.5 Å². The van der Waals surface area contributed by atoms with Gasteiger partial charge in [0.05, 0.1) is 13.5 Å². The van der Waals surface area contributed by atoms with Gasteiger partial charge >= 0.3 is 5.97 Å². The summed E-state index contributed by atoms with van der Waals surface area (Å²) in [5.74, 6) is -0.936. The SMILES string of the molecule is CCCCCCCC(=O)NC(=S)N1CCNC(=O)C1CC(=O)OC. The largest absolute Gasteiger partial charge is 0.469 e. The van der Waals surface area contributed by atoms with E-state index in [9.17, 15) is 14.4 Å². The first-order valence-corrected chi connectivity index (χ1v) is 8.85. The minimum Gasteiger partial charge on any atom is -0.469 e. The Kier molecular flexibility index (Phi) is 9.29. The summed E-state index contributed by atoms with van der Waals surface area (Å²) in [5.41, 5.74) is 0. The van der Waals surface area contributed by atoms with Crippen molar-refractivity contribution >= 4 is 35.1 Å². The van der Waals surface area contributed by atoms with Gasteiger partial charge in [0.15, 0.2) is 5.11 Å². The summed E-state index contributed by atoms with van der Waals surface area (Å²) in [4.78, 5) is 37.0. The molecular formula is C16H27N3O4S. The number of methoxy groups -OCH3 is 1. The first-order valence-electron chi connectivity index (χ1n) is 8.44. The van der Waals surface area contributed by atoms with E-state index in [0.29, 0.717) is 19.5 Å². The maximum atomic E-state index is 12.0. The lowest BCUT2D eigenvalue weighted by Crippen LogP contribution is -2.60. The van der Waals surface area contributed by atoms with Crippen molar-refractivity contribution in [3.05, 3.63) is 0 Å². The number of rotatable bonds is 8. The van der Waals surface area contributed by atoms with Gasteiger partial charge in [-0.25, -0.2) is 0 Å². The van der Waals surface area contributed by atoms with E-state index in [1.54, 1.807) is 4.90 Å². The predicted octanol–water partition coefficient (Wildman–Crippen LogP) is 1.11. The number of carbonyl (C=O) groups excluding carboxylic acids is 3. The molecule has 136 valence electrons. The van der Waals surface area contributed by atoms with Gasteiger partial charge in [-0.3, -0.25) is 14.4 Å². The standard InChI is InChI=1S/C16H27N3O4S/c1-3-4-5-6-7-8-13(20)18-16(24)19-10-9-17-15(22)12(19)11-14(21)23-2/h12H,3-11H2,1-2H3,(H,17,22)(H,18,20,24). The third-order valence-corrected chi connectivity index (χ3v) is 4.27. The van der Waals surface area contributed by atoms with Gasteiger partial charge in [0.25, 0.3) is 0 Å². The topological polar surface area (TPSA) is 87.7 Å². The Hall–Kier alpha value is -1.70. The fourth-order valence-electron chi connectivity index (χ4n) is 2.54. The van der Waals surface area contributed by atoms with Crippen LogP contribution in [0.3, 0.4) is 0 Å². The van der Waals surface area contributed by atoms with E-state index in [1.165, 1.54) is 13.5 Å². The molecule has 0 aliphatic carbocycles. The van der Waals surface area contributed by atoms with Crippen molar-refractivity contribution in [2.45, 2.75) is 57.9 Å². The van der Waals surface area contributed by atoms with Crippen LogP contribution in [0.1, 0.15) is 51.9 Å². The lowest BCUT2D eigenvalue weighted by atomic mass is 10.1. The van der Waals surface area contributed by atoms with Gasteiger partial charge in [-0.2, -0.15) is 0 Å². The first kappa shape index (κ1) is 20.3. The molecule has 0 aromatic rings. The van der Waals surface area contributed by atoms with Gasteiger partial charge in [0.2, 0.25) is 11.8 Å². The van der Waals surface area contributed by atoms with Crippen molar-refractivity contribution in [1.82, 2.24) is 15.5 Å². The molecule has 1 fully saturated rings. The molecule has 1 heterocycles. The second kappa shape index (κ2) is 11.0. The van der Waals surface area contributed by atoms with E-state index in [4.69, 9.17) is 12.2 Å². The highest BCUT2D eigenvalue weighted by atomic mass is 32.1. The minimum atomic E-state index is -0.747. The fourth-order valence-corrected chi connectivity index (χ4v) is 2.88. The number of amides is 2. The molecule has 0 saturated carbocycles. The quantitative estimate of drug-likeness (QED) is 0.384. The number of thiocarbonyl (C=S) groups is 1. The van der Waals surface area contributed by atoms with E-state index < -0.39 is 12.0 Å². The minimum absolute atomic E-state index is 0.102. The molecule has 24 heavy (non-hydrogen) atoms. The molecular weight excluding hydrogens is 330 g/mol. The van der Waals surface area contributed by atoms with Crippen LogP contribution in [0.25, 0.3) is 0 Å². The molecule has 0 bridgehead atoms. The summed E-state index contributed by atoms with van der Waals surface area (Å²) in [5, 5.41) is 5.55. The fraction of sp³-hybridized carbons (Fsp3) is 0.750. The summed E-state index contributed by atoms with van der Waals surface area (Å²) < 4.78 is 4.62. The lowest BCUT2D eigenvalue weighted by molar-refractivity contribution is -0.144. The van der Waals surface area contributed by atoms with Crippen molar-refractivity contribution in [2.24, 2.45) is 0 Å². The third-order valence-electron chi connectivity index (χ3n) is 3.93. The molecule has 7 nitrogen and oxygen atoms in total. The highest BCUT2D eigenvalue weighted by Gasteiger charge is 2.33. The van der Waals surface area contributed by atoms with Crippen LogP contribution in [0, 0.1) is 0 Å². The van der Waals surface area contributed by atoms with Gasteiger partial charge in [-0.15, -0.1) is 0 Å². The third kappa shape index (κ3) is 6.82. The van der Waals surface area contributed by atoms with E-state index in [0.717, 1.165) is 25.7 Å². The summed E-state index contributed by atoms with van der Waals surface area (Å²) in [6.07, 6.45) is 5.61. The number of nitrogens with one attached hydrogen (secondary N) is 2. The Morgan fingerprint density at radius 3 is 2.71 bits per heavy atom. The zero-order chi connectivity index (χ0) is 17.9. The normalized spacial score (nSPS) is 17.2. The number of hydrogen-bond donors (Lipinski definition) is 2. The molecule has 8 heteroatoms. The van der Waals surface area contributed by atoms with E-state index in [2.05, 4.69) is 22.3 Å². The van der Waals surface area contributed by atoms with Gasteiger partial charge in [-0.05, 0) is 18.6 Å². The summed E-state index contributed by atoms with van der Waals surface area (Å²) in [6.45, 7) is 3.01. The second-order valence-corrected chi connectivity index (χ2v) is 6.18. The highest BCUT2D eigenvalue weighted by molar-refractivity contribution is 7.80. The number of esters is 1. The number of nitrogens with zero attached hydrogens (tertiary/aromatic N) is 1. The monoisotopic (exact) mass is 357 g/mol. The molecule has 1 saturated heterocycles. The van der Waals surface area contributed by atoms with Crippen molar-refractivity contribution in [2.75, 3.05) is 20.2 Å². The van der Waals surface area contributed by atoms with Gasteiger partial charge in [0.1, 0.15) is 6.04 Å². The Labute approximate surface area is 148 Å². The van der Waals surface area contributed by atoms with Crippen LogP contribution < -0.4 is 10.6 Å². The number of ether oxygens (including phenoxy) is 1. The van der Waals surface area contributed by atoms with Crippen LogP contribution in [0.5, 0.6) is 0 Å². The van der Waals surface area contributed by atoms with Crippen molar-refractivity contribution in [3.63, 3.8) is 0 Å². The van der Waals surface area contributed by atoms with Crippen LogP contribution in [0.2, 0.25) is 0 Å². The maximum absolute atomic E-state index is 12.0. The molecule has 0 aromatic carbocycles. The Morgan fingerprint density at radius 2 is 2.04 bits per heavy atom. The van der Waals surface area contributed by atoms with Gasteiger partial charge < -0.3 is 20.3 Å². The maximum Gasteiger partial charge on any atom is 0.308 e. The summed E-state index contributed by atoms with van der Waals surface area (Å²) >= 11 is 5.25. The van der Waals surface area contributed by atoms with E-state index >= 15 is 0 Å². The molecule has 1 atom stereocenters. The number of piperazine rings is 1. The van der Waals surface area contributed by atoms with Crippen molar-refractivity contribution in [1.29, 1.82) is 0 Å². The van der Waals surface area contributed by atoms with Crippen molar-refractivity contribution in [3.8, 4) is 0 Å². The Morgan fingerprint density at radius 1 is 1.33 bits per heavy atom. The number of carbonyl (C=O) groups is 3. The van der Waals surface area contributed by atoms with Crippen LogP contribution in [0.15, 0.2) is 0 Å². The zero-order valence-corrected chi connectivity index (χ0v) is 15.2. The van der Waals surface area contributed by atoms with Crippen LogP contribution in [-0.4, -0.2) is 54.0 Å². The molecule has 1 rings (SSSR count). The molecule has 0 aromatic heterocycles. The molecule has 2 amide bonds. The second-order valence-electron chi connectivity index (χ2n) is 5.80. The smallest absolute Gasteiger partial charge is 0.308 e. The summed E-state index contributed by atoms with van der Waals surface area (Å²) in [6, 6.07) is -0.747. The molecule has 1 unspecified atom stereocenters. The lowest BCUT2D eigenvalue weighted by Gasteiger charge is -2.36. The average Bonchev–Trinajstić information content (AvgIpc) is 2.56. The molecule has 0 radical (unpaired) electrons. The average molecular weight is 357 g/mol. The molecule has 0 spiro atoms. The predicted molar refractivity (Wildman–Crippen MR) is 94.3 cm³/mol. The van der Waals surface area contributed by atoms with Crippen molar-refractivity contribution < 1.29 is 19.1 Å². The molecule has 1 aliphatic heterocycles. The van der Waals surface area contributed by atoms with E-state index in [1.807, 2.05) is 0 Å². The summed E-state index contributed by atoms with van der Waals surface area (Å²) in [7, 11) is 1.27. The Balaban J connectivity index is 2.49. The Bertz CT molecular complexity index is 470. The first-order chi connectivity index (χ1) is 11.5. The van der Waals surface area contributed by atoms with E-state index in [-0.39, 0.29) is 23.3 Å². The zero-order valence-electron chi connectivity index (χ0n) is 14.4. The number of unbranched alkanes of at least 4 members (excludes halogenated alkanes) is 4. The van der Waals surface area contributed by atoms with Crippen LogP contribution in [-0.2, 0) is 19.1 Å². The highest BCUT2D eigenvalue weighted by Crippen LogP contribution is 2.11. The van der Waals surface area contributed by atoms with Crippen LogP contribution >= 0.6 is 12.2 Å². The molecule has 2 N–H and O–H groups in total. The number of hydrogen-bond acceptors (Lipinski definition) is 5.